The summed E-state index contributed by atoms with van der Waals surface area (Å²) in [5, 5.41) is 18.7. The molecule has 5 nitrogen and oxygen atoms in total. The summed E-state index contributed by atoms with van der Waals surface area (Å²) >= 11 is 0. The summed E-state index contributed by atoms with van der Waals surface area (Å²) in [5.74, 6) is 0. The van der Waals surface area contributed by atoms with Crippen LogP contribution in [0.1, 0.15) is 17.7 Å². The van der Waals surface area contributed by atoms with E-state index in [9.17, 15) is 5.11 Å². The summed E-state index contributed by atoms with van der Waals surface area (Å²) in [7, 11) is 4.09. The van der Waals surface area contributed by atoms with E-state index in [2.05, 4.69) is 20.9 Å². The first-order chi connectivity index (χ1) is 9.08. The van der Waals surface area contributed by atoms with E-state index in [1.807, 2.05) is 26.2 Å². The van der Waals surface area contributed by atoms with Crippen LogP contribution in [-0.4, -0.2) is 59.2 Å². The van der Waals surface area contributed by atoms with E-state index in [1.54, 1.807) is 6.20 Å². The zero-order valence-corrected chi connectivity index (χ0v) is 11.5. The SMILES string of the molecule is CN(C)CC1CC(O)CN1Cc1ccnc(C#N)c1. The van der Waals surface area contributed by atoms with Gasteiger partial charge in [0, 0.05) is 31.9 Å². The maximum atomic E-state index is 9.84. The zero-order valence-electron chi connectivity index (χ0n) is 11.5. The number of rotatable bonds is 4. The highest BCUT2D eigenvalue weighted by molar-refractivity contribution is 5.25. The van der Waals surface area contributed by atoms with Crippen LogP contribution in [0.15, 0.2) is 18.3 Å². The van der Waals surface area contributed by atoms with Gasteiger partial charge < -0.3 is 10.0 Å². The van der Waals surface area contributed by atoms with Gasteiger partial charge in [0.1, 0.15) is 11.8 Å². The monoisotopic (exact) mass is 260 g/mol. The van der Waals surface area contributed by atoms with Crippen molar-refractivity contribution in [1.29, 1.82) is 5.26 Å². The number of aromatic nitrogens is 1. The van der Waals surface area contributed by atoms with E-state index >= 15 is 0 Å². The van der Waals surface area contributed by atoms with Crippen LogP contribution in [0.25, 0.3) is 0 Å². The highest BCUT2D eigenvalue weighted by Gasteiger charge is 2.30. The number of likely N-dealkylation sites (tertiary alicyclic amines) is 1. The molecule has 2 atom stereocenters. The van der Waals surface area contributed by atoms with Crippen LogP contribution >= 0.6 is 0 Å². The summed E-state index contributed by atoms with van der Waals surface area (Å²) in [4.78, 5) is 8.40. The van der Waals surface area contributed by atoms with E-state index in [4.69, 9.17) is 5.26 Å². The van der Waals surface area contributed by atoms with Crippen molar-refractivity contribution in [2.75, 3.05) is 27.2 Å². The first-order valence-electron chi connectivity index (χ1n) is 6.50. The largest absolute Gasteiger partial charge is 0.392 e. The van der Waals surface area contributed by atoms with Crippen molar-refractivity contribution in [2.45, 2.75) is 25.1 Å². The zero-order chi connectivity index (χ0) is 13.8. The second-order valence-electron chi connectivity index (χ2n) is 5.40. The van der Waals surface area contributed by atoms with Crippen LogP contribution in [0, 0.1) is 11.3 Å². The van der Waals surface area contributed by atoms with Gasteiger partial charge in [0.15, 0.2) is 0 Å². The van der Waals surface area contributed by atoms with Gasteiger partial charge in [0.25, 0.3) is 0 Å². The summed E-state index contributed by atoms with van der Waals surface area (Å²) in [6, 6.07) is 6.17. The lowest BCUT2D eigenvalue weighted by atomic mass is 10.1. The molecule has 1 saturated heterocycles. The minimum atomic E-state index is -0.248. The number of pyridine rings is 1. The van der Waals surface area contributed by atoms with Crippen LogP contribution in [-0.2, 0) is 6.54 Å². The molecule has 2 unspecified atom stereocenters. The van der Waals surface area contributed by atoms with Crippen molar-refractivity contribution < 1.29 is 5.11 Å². The third-order valence-electron chi connectivity index (χ3n) is 3.41. The fraction of sp³-hybridized carbons (Fsp3) is 0.571. The second kappa shape index (κ2) is 6.11. The summed E-state index contributed by atoms with van der Waals surface area (Å²) in [6.45, 7) is 2.39. The highest BCUT2D eigenvalue weighted by Crippen LogP contribution is 2.21. The van der Waals surface area contributed by atoms with Crippen molar-refractivity contribution in [2.24, 2.45) is 0 Å². The molecule has 0 saturated carbocycles. The van der Waals surface area contributed by atoms with E-state index in [0.29, 0.717) is 18.3 Å². The number of nitriles is 1. The average molecular weight is 260 g/mol. The number of β-amino-alcohol motifs (C(OH)–C–C–N with tert-alkyl or cyclic N) is 1. The molecule has 1 aliphatic heterocycles. The number of aliphatic hydroxyl groups excluding tert-OH is 1. The van der Waals surface area contributed by atoms with Crippen molar-refractivity contribution >= 4 is 0 Å². The Morgan fingerprint density at radius 2 is 2.37 bits per heavy atom. The molecule has 0 spiro atoms. The Labute approximate surface area is 114 Å². The maximum Gasteiger partial charge on any atom is 0.140 e. The fourth-order valence-corrected chi connectivity index (χ4v) is 2.63. The van der Waals surface area contributed by atoms with Crippen molar-refractivity contribution in [3.63, 3.8) is 0 Å². The summed E-state index contributed by atoms with van der Waals surface area (Å²) < 4.78 is 0. The molecular formula is C14H20N4O. The van der Waals surface area contributed by atoms with E-state index in [0.717, 1.165) is 25.1 Å². The smallest absolute Gasteiger partial charge is 0.140 e. The van der Waals surface area contributed by atoms with Gasteiger partial charge in [-0.05, 0) is 38.2 Å². The molecule has 2 heterocycles. The molecule has 0 radical (unpaired) electrons. The van der Waals surface area contributed by atoms with E-state index < -0.39 is 0 Å². The molecule has 1 fully saturated rings. The molecule has 5 heteroatoms. The topological polar surface area (TPSA) is 63.4 Å². The Bertz CT molecular complexity index is 469. The van der Waals surface area contributed by atoms with Gasteiger partial charge in [-0.3, -0.25) is 4.90 Å². The molecule has 0 aromatic carbocycles. The molecular weight excluding hydrogens is 240 g/mol. The Morgan fingerprint density at radius 1 is 1.58 bits per heavy atom. The highest BCUT2D eigenvalue weighted by atomic mass is 16.3. The normalized spacial score (nSPS) is 23.7. The van der Waals surface area contributed by atoms with Crippen LogP contribution in [0.2, 0.25) is 0 Å². The first-order valence-corrected chi connectivity index (χ1v) is 6.50. The molecule has 0 aliphatic carbocycles. The predicted octanol–water partition coefficient (Wildman–Crippen LogP) is 0.450. The molecule has 1 N–H and O–H groups in total. The predicted molar refractivity (Wildman–Crippen MR) is 72.3 cm³/mol. The first kappa shape index (κ1) is 13.9. The van der Waals surface area contributed by atoms with Gasteiger partial charge in [-0.15, -0.1) is 0 Å². The van der Waals surface area contributed by atoms with Crippen molar-refractivity contribution in [3.05, 3.63) is 29.6 Å². The quantitative estimate of drug-likeness (QED) is 0.851. The number of aliphatic hydroxyl groups is 1. The van der Waals surface area contributed by atoms with Gasteiger partial charge in [-0.25, -0.2) is 4.98 Å². The lowest BCUT2D eigenvalue weighted by Crippen LogP contribution is -2.37. The molecule has 0 bridgehead atoms. The number of likely N-dealkylation sites (N-methyl/N-ethyl adjacent to an activating group) is 1. The summed E-state index contributed by atoms with van der Waals surface area (Å²) in [5.41, 5.74) is 1.52. The molecule has 102 valence electrons. The minimum Gasteiger partial charge on any atom is -0.392 e. The molecule has 1 aromatic rings. The standard InChI is InChI=1S/C14H20N4O/c1-17(2)9-13-6-14(19)10-18(13)8-11-3-4-16-12(5-11)7-15/h3-5,13-14,19H,6,8-10H2,1-2H3. The Morgan fingerprint density at radius 3 is 3.05 bits per heavy atom. The number of nitrogens with zero attached hydrogens (tertiary/aromatic N) is 4. The van der Waals surface area contributed by atoms with Crippen LogP contribution in [0.4, 0.5) is 0 Å². The van der Waals surface area contributed by atoms with Gasteiger partial charge in [-0.1, -0.05) is 0 Å². The average Bonchev–Trinajstić information content (AvgIpc) is 2.69. The van der Waals surface area contributed by atoms with Gasteiger partial charge in [0.05, 0.1) is 6.10 Å². The summed E-state index contributed by atoms with van der Waals surface area (Å²) in [6.07, 6.45) is 2.23. The Kier molecular flexibility index (Phi) is 4.48. The third kappa shape index (κ3) is 3.74. The fourth-order valence-electron chi connectivity index (χ4n) is 2.63. The van der Waals surface area contributed by atoms with E-state index in [-0.39, 0.29) is 6.10 Å². The minimum absolute atomic E-state index is 0.248. The van der Waals surface area contributed by atoms with Crippen LogP contribution in [0.3, 0.4) is 0 Å². The number of hydrogen-bond acceptors (Lipinski definition) is 5. The lowest BCUT2D eigenvalue weighted by Gasteiger charge is -2.26. The second-order valence-corrected chi connectivity index (χ2v) is 5.40. The Balaban J connectivity index is 2.05. The molecule has 2 rings (SSSR count). The molecule has 1 aromatic heterocycles. The maximum absolute atomic E-state index is 9.84. The van der Waals surface area contributed by atoms with Gasteiger partial charge in [-0.2, -0.15) is 5.26 Å². The Hall–Kier alpha value is -1.48. The van der Waals surface area contributed by atoms with Crippen LogP contribution < -0.4 is 0 Å². The van der Waals surface area contributed by atoms with Crippen LogP contribution in [0.5, 0.6) is 0 Å². The van der Waals surface area contributed by atoms with Gasteiger partial charge >= 0.3 is 0 Å². The molecule has 0 amide bonds. The molecule has 19 heavy (non-hydrogen) atoms. The number of hydrogen-bond donors (Lipinski definition) is 1. The third-order valence-corrected chi connectivity index (χ3v) is 3.41. The van der Waals surface area contributed by atoms with Gasteiger partial charge in [0.2, 0.25) is 0 Å². The lowest BCUT2D eigenvalue weighted by molar-refractivity contribution is 0.169. The van der Waals surface area contributed by atoms with E-state index in [1.165, 1.54) is 0 Å². The molecule has 1 aliphatic rings. The van der Waals surface area contributed by atoms with Crippen molar-refractivity contribution in [1.82, 2.24) is 14.8 Å². The van der Waals surface area contributed by atoms with Crippen molar-refractivity contribution in [3.8, 4) is 6.07 Å².